The third-order valence-corrected chi connectivity index (χ3v) is 8.06. The van der Waals surface area contributed by atoms with E-state index < -0.39 is 0 Å². The zero-order valence-corrected chi connectivity index (χ0v) is 24.8. The lowest BCUT2D eigenvalue weighted by atomic mass is 9.98. The highest BCUT2D eigenvalue weighted by Gasteiger charge is 2.13. The summed E-state index contributed by atoms with van der Waals surface area (Å²) in [5, 5.41) is 1.13. The van der Waals surface area contributed by atoms with Crippen LogP contribution in [0.25, 0.3) is 78.4 Å². The molecule has 0 aliphatic rings. The summed E-state index contributed by atoms with van der Waals surface area (Å²) in [6, 6.07) is 49.5. The van der Waals surface area contributed by atoms with Crippen molar-refractivity contribution in [2.45, 2.75) is 0 Å². The Morgan fingerprint density at radius 3 is 1.57 bits per heavy atom. The highest BCUT2D eigenvalue weighted by molar-refractivity contribution is 5.94. The molecule has 4 aromatic carbocycles. The van der Waals surface area contributed by atoms with E-state index in [4.69, 9.17) is 9.97 Å². The summed E-state index contributed by atoms with van der Waals surface area (Å²) in [6.45, 7) is 0. The Bertz CT molecular complexity index is 2190. The third kappa shape index (κ3) is 5.42. The van der Waals surface area contributed by atoms with Gasteiger partial charge in [0.2, 0.25) is 0 Å². The zero-order chi connectivity index (χ0) is 30.7. The molecule has 0 saturated heterocycles. The summed E-state index contributed by atoms with van der Waals surface area (Å²) in [5.74, 6) is 0.651. The molecule has 0 aliphatic carbocycles. The molecule has 4 aromatic heterocycles. The molecule has 0 aliphatic heterocycles. The highest BCUT2D eigenvalue weighted by Crippen LogP contribution is 2.33. The standard InChI is InChI=1S/C41H27N5/c1-3-22-42-36(15-1)30-9-5-11-32(25-30)40-27-39(45-41(46-40)33-12-6-10-31(26-33)37-16-2-4-23-43-37)29-20-18-28(19-21-29)34-13-7-17-38-35(34)14-8-24-44-38/h1-27H. The molecular formula is C41H27N5. The lowest BCUT2D eigenvalue weighted by Crippen LogP contribution is -1.97. The maximum absolute atomic E-state index is 5.11. The number of fused-ring (bicyclic) bond motifs is 1. The fourth-order valence-corrected chi connectivity index (χ4v) is 5.77. The van der Waals surface area contributed by atoms with Crippen LogP contribution < -0.4 is 0 Å². The van der Waals surface area contributed by atoms with E-state index in [1.807, 2.05) is 73.2 Å². The molecule has 0 saturated carbocycles. The molecule has 0 radical (unpaired) electrons. The van der Waals surface area contributed by atoms with Gasteiger partial charge in [-0.15, -0.1) is 0 Å². The second kappa shape index (κ2) is 12.0. The molecule has 0 bridgehead atoms. The van der Waals surface area contributed by atoms with Crippen molar-refractivity contribution in [3.63, 3.8) is 0 Å². The summed E-state index contributed by atoms with van der Waals surface area (Å²) in [4.78, 5) is 23.9. The first-order valence-corrected chi connectivity index (χ1v) is 15.2. The average Bonchev–Trinajstić information content (AvgIpc) is 3.15. The Morgan fingerprint density at radius 2 is 0.891 bits per heavy atom. The third-order valence-electron chi connectivity index (χ3n) is 8.06. The number of rotatable bonds is 6. The molecule has 46 heavy (non-hydrogen) atoms. The van der Waals surface area contributed by atoms with E-state index in [1.54, 1.807) is 0 Å². The van der Waals surface area contributed by atoms with Gasteiger partial charge in [0.25, 0.3) is 0 Å². The first-order valence-electron chi connectivity index (χ1n) is 15.2. The Morgan fingerprint density at radius 1 is 0.326 bits per heavy atom. The van der Waals surface area contributed by atoms with Gasteiger partial charge in [0.1, 0.15) is 0 Å². The van der Waals surface area contributed by atoms with Crippen molar-refractivity contribution in [2.75, 3.05) is 0 Å². The van der Waals surface area contributed by atoms with Crippen molar-refractivity contribution in [1.29, 1.82) is 0 Å². The van der Waals surface area contributed by atoms with Crippen molar-refractivity contribution in [1.82, 2.24) is 24.9 Å². The Kier molecular flexibility index (Phi) is 7.09. The molecule has 4 heterocycles. The quantitative estimate of drug-likeness (QED) is 0.193. The van der Waals surface area contributed by atoms with Gasteiger partial charge in [0.15, 0.2) is 5.82 Å². The summed E-state index contributed by atoms with van der Waals surface area (Å²) in [5.41, 5.74) is 11.7. The molecular weight excluding hydrogens is 562 g/mol. The van der Waals surface area contributed by atoms with Crippen molar-refractivity contribution in [2.24, 2.45) is 0 Å². The van der Waals surface area contributed by atoms with Crippen LogP contribution in [0.5, 0.6) is 0 Å². The Balaban J connectivity index is 1.25. The van der Waals surface area contributed by atoms with Crippen LogP contribution in [0.15, 0.2) is 164 Å². The molecule has 5 nitrogen and oxygen atoms in total. The van der Waals surface area contributed by atoms with Crippen molar-refractivity contribution < 1.29 is 0 Å². The number of hydrogen-bond donors (Lipinski definition) is 0. The van der Waals surface area contributed by atoms with Gasteiger partial charge in [-0.1, -0.05) is 91.0 Å². The summed E-state index contributed by atoms with van der Waals surface area (Å²) >= 11 is 0. The topological polar surface area (TPSA) is 64.5 Å². The van der Waals surface area contributed by atoms with E-state index >= 15 is 0 Å². The van der Waals surface area contributed by atoms with Gasteiger partial charge in [0, 0.05) is 51.8 Å². The number of hydrogen-bond acceptors (Lipinski definition) is 5. The lowest BCUT2D eigenvalue weighted by molar-refractivity contribution is 1.18. The predicted molar refractivity (Wildman–Crippen MR) is 186 cm³/mol. The van der Waals surface area contributed by atoms with Crippen LogP contribution >= 0.6 is 0 Å². The highest BCUT2D eigenvalue weighted by atomic mass is 14.9. The van der Waals surface area contributed by atoms with Gasteiger partial charge in [-0.2, -0.15) is 0 Å². The van der Waals surface area contributed by atoms with E-state index in [-0.39, 0.29) is 0 Å². The minimum atomic E-state index is 0.651. The molecule has 0 unspecified atom stereocenters. The maximum atomic E-state index is 5.11. The van der Waals surface area contributed by atoms with Crippen LogP contribution in [0.4, 0.5) is 0 Å². The normalized spacial score (nSPS) is 11.0. The Hall–Kier alpha value is -6.33. The van der Waals surface area contributed by atoms with Crippen molar-refractivity contribution >= 4 is 10.9 Å². The largest absolute Gasteiger partial charge is 0.256 e. The van der Waals surface area contributed by atoms with E-state index in [0.717, 1.165) is 72.6 Å². The van der Waals surface area contributed by atoms with E-state index in [0.29, 0.717) is 5.82 Å². The molecule has 0 fully saturated rings. The maximum Gasteiger partial charge on any atom is 0.160 e. The fourth-order valence-electron chi connectivity index (χ4n) is 5.77. The molecule has 5 heteroatoms. The molecule has 0 atom stereocenters. The molecule has 8 aromatic rings. The SMILES string of the molecule is c1ccc(-c2cccc(-c3cc(-c4ccc(-c5cccc6ncccc56)cc4)nc(-c4cccc(-c5ccccn5)c4)n3)c2)nc1. The first-order chi connectivity index (χ1) is 22.8. The van der Waals surface area contributed by atoms with Crippen LogP contribution in [0, 0.1) is 0 Å². The number of benzene rings is 4. The van der Waals surface area contributed by atoms with Gasteiger partial charge < -0.3 is 0 Å². The molecule has 0 N–H and O–H groups in total. The number of aromatic nitrogens is 5. The second-order valence-electron chi connectivity index (χ2n) is 11.0. The van der Waals surface area contributed by atoms with E-state index in [9.17, 15) is 0 Å². The first kappa shape index (κ1) is 27.2. The molecule has 0 amide bonds. The van der Waals surface area contributed by atoms with Crippen LogP contribution in [0.3, 0.4) is 0 Å². The van der Waals surface area contributed by atoms with E-state index in [2.05, 4.69) is 106 Å². The van der Waals surface area contributed by atoms with Gasteiger partial charge in [-0.05, 0) is 65.7 Å². The number of pyridine rings is 3. The van der Waals surface area contributed by atoms with Crippen molar-refractivity contribution in [3.05, 3.63) is 164 Å². The van der Waals surface area contributed by atoms with Gasteiger partial charge in [0.05, 0.1) is 28.3 Å². The van der Waals surface area contributed by atoms with Gasteiger partial charge in [-0.3, -0.25) is 15.0 Å². The van der Waals surface area contributed by atoms with Crippen LogP contribution in [0.2, 0.25) is 0 Å². The minimum absolute atomic E-state index is 0.651. The van der Waals surface area contributed by atoms with Crippen LogP contribution in [0.1, 0.15) is 0 Å². The Labute approximate surface area is 267 Å². The summed E-state index contributed by atoms with van der Waals surface area (Å²) in [6.07, 6.45) is 5.46. The number of nitrogens with zero attached hydrogens (tertiary/aromatic N) is 5. The van der Waals surface area contributed by atoms with Gasteiger partial charge in [-0.25, -0.2) is 9.97 Å². The zero-order valence-electron chi connectivity index (χ0n) is 24.8. The molecule has 0 spiro atoms. The predicted octanol–water partition coefficient (Wildman–Crippen LogP) is 9.82. The molecule has 8 rings (SSSR count). The van der Waals surface area contributed by atoms with E-state index in [1.165, 1.54) is 0 Å². The molecule has 216 valence electrons. The van der Waals surface area contributed by atoms with Crippen LogP contribution in [-0.4, -0.2) is 24.9 Å². The van der Waals surface area contributed by atoms with Crippen LogP contribution in [-0.2, 0) is 0 Å². The fraction of sp³-hybridized carbons (Fsp3) is 0. The second-order valence-corrected chi connectivity index (χ2v) is 11.0. The lowest BCUT2D eigenvalue weighted by Gasteiger charge is -2.12. The monoisotopic (exact) mass is 589 g/mol. The van der Waals surface area contributed by atoms with Crippen molar-refractivity contribution in [3.8, 4) is 67.5 Å². The smallest absolute Gasteiger partial charge is 0.160 e. The summed E-state index contributed by atoms with van der Waals surface area (Å²) < 4.78 is 0. The van der Waals surface area contributed by atoms with Gasteiger partial charge >= 0.3 is 0 Å². The minimum Gasteiger partial charge on any atom is -0.256 e. The summed E-state index contributed by atoms with van der Waals surface area (Å²) in [7, 11) is 0. The average molecular weight is 590 g/mol.